The minimum atomic E-state index is 0.349. The Morgan fingerprint density at radius 3 is 1.90 bits per heavy atom. The summed E-state index contributed by atoms with van der Waals surface area (Å²) in [7, 11) is 0.699. The summed E-state index contributed by atoms with van der Waals surface area (Å²) in [6.07, 6.45) is 6.39. The third-order valence-electron chi connectivity index (χ3n) is 3.05. The smallest absolute Gasteiger partial charge is 0.0201 e. The first-order chi connectivity index (χ1) is 4.86. The molecule has 0 heterocycles. The highest BCUT2D eigenvalue weighted by Crippen LogP contribution is 2.35. The fraction of sp³-hybridized carbons (Fsp3) is 1.00. The van der Waals surface area contributed by atoms with Gasteiger partial charge in [-0.2, -0.15) is 0 Å². The van der Waals surface area contributed by atoms with Crippen molar-refractivity contribution in [3.63, 3.8) is 0 Å². The summed E-state index contributed by atoms with van der Waals surface area (Å²) in [5.41, 5.74) is 2.48. The fourth-order valence-corrected chi connectivity index (χ4v) is 5.62. The van der Waals surface area contributed by atoms with Gasteiger partial charge in [0.25, 0.3) is 0 Å². The lowest BCUT2D eigenvalue weighted by Gasteiger charge is -2.26. The van der Waals surface area contributed by atoms with Gasteiger partial charge in [-0.15, -0.1) is 0 Å². The topological polar surface area (TPSA) is 0 Å². The second-order valence-corrected chi connectivity index (χ2v) is 7.66. The number of hydrogen-bond donors (Lipinski definition) is 0. The lowest BCUT2D eigenvalue weighted by Crippen LogP contribution is -2.13. The van der Waals surface area contributed by atoms with Crippen molar-refractivity contribution in [2.75, 3.05) is 0 Å². The Bertz CT molecular complexity index is 83.3. The van der Waals surface area contributed by atoms with Crippen LogP contribution in [-0.2, 0) is 0 Å². The van der Waals surface area contributed by atoms with E-state index in [-0.39, 0.29) is 0 Å². The molecule has 0 saturated heterocycles. The van der Waals surface area contributed by atoms with Crippen molar-refractivity contribution in [2.24, 2.45) is 0 Å². The summed E-state index contributed by atoms with van der Waals surface area (Å²) in [6.45, 7) is 4.98. The first-order valence-corrected chi connectivity index (χ1v) is 9.33. The summed E-state index contributed by atoms with van der Waals surface area (Å²) in [5, 5.41) is 0. The highest BCUT2D eigenvalue weighted by atomic mass is 28.2. The summed E-state index contributed by atoms with van der Waals surface area (Å²) in [5.74, 6) is 0. The van der Waals surface area contributed by atoms with Crippen molar-refractivity contribution >= 4 is 19.0 Å². The molecule has 0 N–H and O–H groups in total. The lowest BCUT2D eigenvalue weighted by atomic mass is 9.99. The van der Waals surface area contributed by atoms with E-state index in [9.17, 15) is 0 Å². The van der Waals surface area contributed by atoms with Gasteiger partial charge in [-0.25, -0.2) is 0 Å². The van der Waals surface area contributed by atoms with Crippen molar-refractivity contribution in [3.05, 3.63) is 0 Å². The van der Waals surface area contributed by atoms with Crippen LogP contribution >= 0.6 is 0 Å². The highest BCUT2D eigenvalue weighted by Gasteiger charge is 2.18. The van der Waals surface area contributed by atoms with Gasteiger partial charge in [0.1, 0.15) is 0 Å². The fourth-order valence-electron chi connectivity index (χ4n) is 2.14. The molecule has 0 spiro atoms. The molecule has 10 heavy (non-hydrogen) atoms. The molecule has 1 fully saturated rings. The molecule has 0 amide bonds. The van der Waals surface area contributed by atoms with Gasteiger partial charge in [0.2, 0.25) is 0 Å². The molecule has 0 aliphatic heterocycles. The Balaban J connectivity index is 2.25. The molecule has 1 rings (SSSR count). The zero-order chi connectivity index (χ0) is 7.40. The van der Waals surface area contributed by atoms with Gasteiger partial charge in [0.05, 0.1) is 0 Å². The molecular weight excluding hydrogens is 152 g/mol. The van der Waals surface area contributed by atoms with Gasteiger partial charge in [-0.3, -0.25) is 0 Å². The Labute approximate surface area is 69.4 Å². The summed E-state index contributed by atoms with van der Waals surface area (Å²) >= 11 is 0. The standard InChI is InChI=1S/C8H20Si2/c1-9-7-4-3-5-8(6-7)10-2/h7-8H,3-6,9-10H2,1-2H3. The maximum atomic E-state index is 2.49. The van der Waals surface area contributed by atoms with E-state index in [0.717, 1.165) is 0 Å². The van der Waals surface area contributed by atoms with E-state index < -0.39 is 0 Å². The van der Waals surface area contributed by atoms with Gasteiger partial charge in [0.15, 0.2) is 0 Å². The second kappa shape index (κ2) is 4.34. The molecule has 0 nitrogen and oxygen atoms in total. The van der Waals surface area contributed by atoms with Crippen LogP contribution in [0.3, 0.4) is 0 Å². The molecule has 60 valence electrons. The van der Waals surface area contributed by atoms with Gasteiger partial charge in [-0.1, -0.05) is 49.9 Å². The minimum Gasteiger partial charge on any atom is -0.0746 e. The van der Waals surface area contributed by atoms with Crippen molar-refractivity contribution in [3.8, 4) is 0 Å². The first kappa shape index (κ1) is 8.53. The van der Waals surface area contributed by atoms with Crippen molar-refractivity contribution in [1.29, 1.82) is 0 Å². The molecule has 0 aromatic heterocycles. The maximum absolute atomic E-state index is 2.49. The quantitative estimate of drug-likeness (QED) is 0.555. The molecule has 0 aromatic carbocycles. The summed E-state index contributed by atoms with van der Waals surface area (Å²) < 4.78 is 0. The molecule has 2 unspecified atom stereocenters. The Hall–Kier alpha value is 0.434. The van der Waals surface area contributed by atoms with E-state index in [2.05, 4.69) is 13.1 Å². The van der Waals surface area contributed by atoms with Gasteiger partial charge in [0, 0.05) is 19.0 Å². The Kier molecular flexibility index (Phi) is 3.70. The molecule has 0 bridgehead atoms. The lowest BCUT2D eigenvalue weighted by molar-refractivity contribution is 0.498. The third-order valence-corrected chi connectivity index (χ3v) is 6.84. The predicted octanol–water partition coefficient (Wildman–Crippen LogP) is 1.57. The molecule has 0 radical (unpaired) electrons. The first-order valence-electron chi connectivity index (χ1n) is 4.86. The van der Waals surface area contributed by atoms with E-state index in [1.807, 2.05) is 0 Å². The summed E-state index contributed by atoms with van der Waals surface area (Å²) in [6, 6.07) is 0. The molecule has 1 aliphatic carbocycles. The highest BCUT2D eigenvalue weighted by molar-refractivity contribution is 6.38. The Morgan fingerprint density at radius 1 is 1.00 bits per heavy atom. The average Bonchev–Trinajstić information content (AvgIpc) is 2.05. The molecule has 1 saturated carbocycles. The van der Waals surface area contributed by atoms with E-state index in [0.29, 0.717) is 19.0 Å². The maximum Gasteiger partial charge on any atom is 0.0201 e. The SMILES string of the molecule is C[SiH2]C1CCCC([SiH2]C)C1. The van der Waals surface area contributed by atoms with E-state index in [4.69, 9.17) is 0 Å². The largest absolute Gasteiger partial charge is 0.0746 e. The van der Waals surface area contributed by atoms with E-state index in [1.54, 1.807) is 25.7 Å². The van der Waals surface area contributed by atoms with Crippen LogP contribution in [0.5, 0.6) is 0 Å². The normalized spacial score (nSPS) is 36.6. The van der Waals surface area contributed by atoms with E-state index >= 15 is 0 Å². The molecule has 0 aromatic rings. The van der Waals surface area contributed by atoms with Gasteiger partial charge < -0.3 is 0 Å². The molecular formula is C8H20Si2. The molecule has 2 atom stereocenters. The van der Waals surface area contributed by atoms with Crippen molar-refractivity contribution < 1.29 is 0 Å². The zero-order valence-corrected chi connectivity index (χ0v) is 10.2. The van der Waals surface area contributed by atoms with Crippen LogP contribution in [0.2, 0.25) is 24.2 Å². The van der Waals surface area contributed by atoms with Crippen LogP contribution in [0.25, 0.3) is 0 Å². The van der Waals surface area contributed by atoms with Gasteiger partial charge >= 0.3 is 0 Å². The third kappa shape index (κ3) is 2.24. The van der Waals surface area contributed by atoms with Crippen LogP contribution in [0.15, 0.2) is 0 Å². The summed E-state index contributed by atoms with van der Waals surface area (Å²) in [4.78, 5) is 0. The monoisotopic (exact) mass is 172 g/mol. The molecule has 1 aliphatic rings. The van der Waals surface area contributed by atoms with Crippen LogP contribution in [0.4, 0.5) is 0 Å². The van der Waals surface area contributed by atoms with Crippen molar-refractivity contribution in [2.45, 2.75) is 49.9 Å². The van der Waals surface area contributed by atoms with Crippen molar-refractivity contribution in [1.82, 2.24) is 0 Å². The average molecular weight is 172 g/mol. The predicted molar refractivity (Wildman–Crippen MR) is 54.8 cm³/mol. The Morgan fingerprint density at radius 2 is 1.50 bits per heavy atom. The number of hydrogen-bond acceptors (Lipinski definition) is 0. The van der Waals surface area contributed by atoms with E-state index in [1.165, 1.54) is 11.1 Å². The van der Waals surface area contributed by atoms with Crippen LogP contribution < -0.4 is 0 Å². The zero-order valence-electron chi connectivity index (χ0n) is 7.40. The van der Waals surface area contributed by atoms with Crippen LogP contribution in [0.1, 0.15) is 25.7 Å². The second-order valence-electron chi connectivity index (χ2n) is 3.72. The number of rotatable bonds is 2. The molecule has 2 heteroatoms. The van der Waals surface area contributed by atoms with Crippen LogP contribution in [0, 0.1) is 0 Å². The minimum absolute atomic E-state index is 0.349. The van der Waals surface area contributed by atoms with Crippen LogP contribution in [-0.4, -0.2) is 19.0 Å². The van der Waals surface area contributed by atoms with Gasteiger partial charge in [-0.05, 0) is 0 Å².